The van der Waals surface area contributed by atoms with Crippen molar-refractivity contribution in [2.75, 3.05) is 5.75 Å². The fraction of sp³-hybridized carbons (Fsp3) is 0.417. The van der Waals surface area contributed by atoms with E-state index in [-0.39, 0.29) is 6.54 Å². The molecule has 1 heterocycles. The van der Waals surface area contributed by atoms with Gasteiger partial charge in [-0.15, -0.1) is 0 Å². The smallest absolute Gasteiger partial charge is 0.157 e. The average Bonchev–Trinajstić information content (AvgIpc) is 2.76. The third-order valence-corrected chi connectivity index (χ3v) is 3.74. The van der Waals surface area contributed by atoms with Crippen molar-refractivity contribution in [2.45, 2.75) is 25.9 Å². The van der Waals surface area contributed by atoms with E-state index in [0.29, 0.717) is 11.6 Å². The lowest BCUT2D eigenvalue weighted by Crippen LogP contribution is -2.25. The van der Waals surface area contributed by atoms with Gasteiger partial charge in [-0.3, -0.25) is 4.99 Å². The minimum absolute atomic E-state index is 0.248. The first kappa shape index (κ1) is 12.4. The van der Waals surface area contributed by atoms with Crippen LogP contribution in [0.15, 0.2) is 23.2 Å². The van der Waals surface area contributed by atoms with Gasteiger partial charge in [0.15, 0.2) is 5.17 Å². The van der Waals surface area contributed by atoms with E-state index in [1.807, 2.05) is 0 Å². The number of aliphatic imine (C=N–C) groups is 1. The van der Waals surface area contributed by atoms with E-state index in [9.17, 15) is 8.78 Å². The van der Waals surface area contributed by atoms with Gasteiger partial charge in [0.05, 0.1) is 6.54 Å². The van der Waals surface area contributed by atoms with Crippen molar-refractivity contribution >= 4 is 16.9 Å². The van der Waals surface area contributed by atoms with Crippen LogP contribution in [0.4, 0.5) is 8.78 Å². The van der Waals surface area contributed by atoms with Gasteiger partial charge < -0.3 is 5.32 Å². The van der Waals surface area contributed by atoms with Gasteiger partial charge in [-0.05, 0) is 12.5 Å². The van der Waals surface area contributed by atoms with Crippen molar-refractivity contribution in [3.63, 3.8) is 0 Å². The first-order valence-electron chi connectivity index (χ1n) is 5.56. The summed E-state index contributed by atoms with van der Waals surface area (Å²) in [6.07, 6.45) is 1.05. The Labute approximate surface area is 104 Å². The quantitative estimate of drug-likeness (QED) is 0.899. The molecule has 0 radical (unpaired) electrons. The average molecular weight is 256 g/mol. The molecule has 0 aromatic heterocycles. The van der Waals surface area contributed by atoms with Gasteiger partial charge in [0, 0.05) is 23.4 Å². The molecule has 0 bridgehead atoms. The normalized spacial score (nSPS) is 21.8. The molecule has 5 heteroatoms. The monoisotopic (exact) mass is 256 g/mol. The molecule has 1 aromatic carbocycles. The Bertz CT molecular complexity index is 435. The van der Waals surface area contributed by atoms with Gasteiger partial charge in [-0.25, -0.2) is 8.78 Å². The van der Waals surface area contributed by atoms with Crippen LogP contribution in [0.1, 0.15) is 18.9 Å². The van der Waals surface area contributed by atoms with E-state index in [1.165, 1.54) is 12.1 Å². The van der Waals surface area contributed by atoms with Gasteiger partial charge in [0.1, 0.15) is 11.6 Å². The van der Waals surface area contributed by atoms with Crippen LogP contribution in [0, 0.1) is 11.6 Å². The molecule has 0 saturated carbocycles. The number of thioether (sulfide) groups is 1. The molecule has 1 atom stereocenters. The lowest BCUT2D eigenvalue weighted by molar-refractivity contribution is 0.572. The van der Waals surface area contributed by atoms with Crippen molar-refractivity contribution in [3.8, 4) is 0 Å². The summed E-state index contributed by atoms with van der Waals surface area (Å²) in [4.78, 5) is 4.29. The van der Waals surface area contributed by atoms with Gasteiger partial charge in [0.2, 0.25) is 0 Å². The molecule has 0 spiro atoms. The zero-order valence-electron chi connectivity index (χ0n) is 9.54. The van der Waals surface area contributed by atoms with Crippen LogP contribution in [0.2, 0.25) is 0 Å². The SMILES string of the molecule is CCC1CSC(=NCc2ccc(F)cc2F)N1. The molecule has 1 aromatic rings. The molecule has 1 aliphatic rings. The molecular formula is C12H14F2N2S. The Morgan fingerprint density at radius 1 is 1.47 bits per heavy atom. The van der Waals surface area contributed by atoms with Crippen LogP contribution in [-0.2, 0) is 6.54 Å². The molecule has 1 unspecified atom stereocenters. The van der Waals surface area contributed by atoms with Gasteiger partial charge in [0.25, 0.3) is 0 Å². The highest BCUT2D eigenvalue weighted by molar-refractivity contribution is 8.14. The number of hydrogen-bond acceptors (Lipinski definition) is 2. The summed E-state index contributed by atoms with van der Waals surface area (Å²) in [7, 11) is 0. The number of nitrogens with zero attached hydrogens (tertiary/aromatic N) is 1. The second-order valence-corrected chi connectivity index (χ2v) is 4.93. The predicted molar refractivity (Wildman–Crippen MR) is 67.2 cm³/mol. The summed E-state index contributed by atoms with van der Waals surface area (Å²) in [5.74, 6) is -0.0935. The molecule has 1 fully saturated rings. The minimum atomic E-state index is -0.557. The molecule has 2 rings (SSSR count). The third-order valence-electron chi connectivity index (χ3n) is 2.65. The van der Waals surface area contributed by atoms with Gasteiger partial charge in [-0.2, -0.15) is 0 Å². The summed E-state index contributed by atoms with van der Waals surface area (Å²) >= 11 is 1.65. The summed E-state index contributed by atoms with van der Waals surface area (Å²) < 4.78 is 26.0. The van der Waals surface area contributed by atoms with Crippen molar-refractivity contribution in [2.24, 2.45) is 4.99 Å². The molecular weight excluding hydrogens is 242 g/mol. The molecule has 17 heavy (non-hydrogen) atoms. The van der Waals surface area contributed by atoms with Crippen molar-refractivity contribution < 1.29 is 8.78 Å². The van der Waals surface area contributed by atoms with Crippen LogP contribution >= 0.6 is 11.8 Å². The maximum atomic E-state index is 13.3. The molecule has 0 amide bonds. The van der Waals surface area contributed by atoms with Crippen molar-refractivity contribution in [3.05, 3.63) is 35.4 Å². The lowest BCUT2D eigenvalue weighted by atomic mass is 10.2. The maximum absolute atomic E-state index is 13.3. The predicted octanol–water partition coefficient (Wildman–Crippen LogP) is 2.94. The number of amidine groups is 1. The lowest BCUT2D eigenvalue weighted by Gasteiger charge is -2.05. The fourth-order valence-corrected chi connectivity index (χ4v) is 2.64. The zero-order valence-corrected chi connectivity index (χ0v) is 10.4. The standard InChI is InChI=1S/C12H14F2N2S/c1-2-10-7-17-12(16-10)15-6-8-3-4-9(13)5-11(8)14/h3-5,10H,2,6-7H2,1H3,(H,15,16). The second kappa shape index (κ2) is 5.49. The zero-order chi connectivity index (χ0) is 12.3. The topological polar surface area (TPSA) is 24.4 Å². The van der Waals surface area contributed by atoms with E-state index in [4.69, 9.17) is 0 Å². The Kier molecular flexibility index (Phi) is 3.99. The summed E-state index contributed by atoms with van der Waals surface area (Å²) in [6.45, 7) is 2.36. The number of halogens is 2. The molecule has 2 nitrogen and oxygen atoms in total. The highest BCUT2D eigenvalue weighted by atomic mass is 32.2. The van der Waals surface area contributed by atoms with Crippen LogP contribution in [0.3, 0.4) is 0 Å². The largest absolute Gasteiger partial charge is 0.361 e. The van der Waals surface area contributed by atoms with Crippen LogP contribution in [0.5, 0.6) is 0 Å². The van der Waals surface area contributed by atoms with E-state index < -0.39 is 11.6 Å². The van der Waals surface area contributed by atoms with Crippen LogP contribution in [-0.4, -0.2) is 17.0 Å². The third kappa shape index (κ3) is 3.19. The molecule has 0 aliphatic carbocycles. The summed E-state index contributed by atoms with van der Waals surface area (Å²) in [5.41, 5.74) is 0.418. The van der Waals surface area contributed by atoms with E-state index in [0.717, 1.165) is 23.4 Å². The number of nitrogens with one attached hydrogen (secondary N) is 1. The van der Waals surface area contributed by atoms with E-state index in [1.54, 1.807) is 11.8 Å². The number of hydrogen-bond donors (Lipinski definition) is 1. The molecule has 1 saturated heterocycles. The number of rotatable bonds is 3. The highest BCUT2D eigenvalue weighted by Gasteiger charge is 2.17. The Morgan fingerprint density at radius 3 is 2.94 bits per heavy atom. The molecule has 92 valence electrons. The molecule has 1 aliphatic heterocycles. The van der Waals surface area contributed by atoms with Gasteiger partial charge in [-0.1, -0.05) is 24.8 Å². The van der Waals surface area contributed by atoms with E-state index >= 15 is 0 Å². The van der Waals surface area contributed by atoms with Crippen molar-refractivity contribution in [1.82, 2.24) is 5.32 Å². The first-order valence-corrected chi connectivity index (χ1v) is 6.55. The summed E-state index contributed by atoms with van der Waals surface area (Å²) in [5, 5.41) is 4.11. The Balaban J connectivity index is 2.00. The Hall–Kier alpha value is -1.10. The van der Waals surface area contributed by atoms with E-state index in [2.05, 4.69) is 17.2 Å². The van der Waals surface area contributed by atoms with Crippen molar-refractivity contribution in [1.29, 1.82) is 0 Å². The second-order valence-electron chi connectivity index (χ2n) is 3.92. The number of benzene rings is 1. The highest BCUT2D eigenvalue weighted by Crippen LogP contribution is 2.17. The minimum Gasteiger partial charge on any atom is -0.361 e. The summed E-state index contributed by atoms with van der Waals surface area (Å²) in [6, 6.07) is 4.03. The fourth-order valence-electron chi connectivity index (χ4n) is 1.56. The van der Waals surface area contributed by atoms with Crippen LogP contribution in [0.25, 0.3) is 0 Å². The van der Waals surface area contributed by atoms with Crippen LogP contribution < -0.4 is 5.32 Å². The maximum Gasteiger partial charge on any atom is 0.157 e. The van der Waals surface area contributed by atoms with Gasteiger partial charge >= 0.3 is 0 Å². The Morgan fingerprint density at radius 2 is 2.29 bits per heavy atom. The molecule has 1 N–H and O–H groups in total. The first-order chi connectivity index (χ1) is 8.19.